The van der Waals surface area contributed by atoms with Gasteiger partial charge in [0.05, 0.1) is 23.2 Å². The van der Waals surface area contributed by atoms with Gasteiger partial charge in [-0.15, -0.1) is 18.3 Å². The van der Waals surface area contributed by atoms with Crippen molar-refractivity contribution < 1.29 is 43.4 Å². The number of carbonyl (C=O) groups is 1. The number of nitro benzene ring substituents is 1. The minimum absolute atomic E-state index is 0.00941. The summed E-state index contributed by atoms with van der Waals surface area (Å²) in [6.45, 7) is 6.41. The highest BCUT2D eigenvalue weighted by Crippen LogP contribution is 2.62. The predicted molar refractivity (Wildman–Crippen MR) is 254 cm³/mol. The third-order valence-electron chi connectivity index (χ3n) is 12.7. The molecule has 2 aliphatic carbocycles. The highest BCUT2D eigenvalue weighted by Gasteiger charge is 2.65. The Morgan fingerprint density at radius 3 is 2.38 bits per heavy atom. The minimum atomic E-state index is -1.54. The smallest absolute Gasteiger partial charge is 0.269 e. The van der Waals surface area contributed by atoms with Crippen LogP contribution < -0.4 is 9.47 Å². The van der Waals surface area contributed by atoms with Crippen LogP contribution in [0.15, 0.2) is 131 Å². The molecule has 7 rings (SSSR count). The van der Waals surface area contributed by atoms with Crippen LogP contribution in [-0.2, 0) is 20.9 Å². The van der Waals surface area contributed by atoms with Crippen molar-refractivity contribution in [3.8, 4) is 17.2 Å². The molecule has 6 atom stereocenters. The van der Waals surface area contributed by atoms with E-state index in [4.69, 9.17) is 24.2 Å². The van der Waals surface area contributed by atoms with E-state index >= 15 is 4.79 Å². The van der Waals surface area contributed by atoms with Gasteiger partial charge in [0.1, 0.15) is 35.7 Å². The Morgan fingerprint density at radius 1 is 1.00 bits per heavy atom. The molecule has 1 heterocycles. The van der Waals surface area contributed by atoms with Crippen LogP contribution in [0.25, 0.3) is 6.08 Å². The van der Waals surface area contributed by atoms with Gasteiger partial charge in [-0.05, 0) is 140 Å². The Kier molecular flexibility index (Phi) is 16.5. The molecule has 0 saturated heterocycles. The van der Waals surface area contributed by atoms with Crippen LogP contribution >= 0.6 is 11.8 Å². The van der Waals surface area contributed by atoms with E-state index in [-0.39, 0.29) is 56.2 Å². The van der Waals surface area contributed by atoms with Crippen molar-refractivity contribution in [1.82, 2.24) is 4.90 Å². The minimum Gasteiger partial charge on any atom is -0.459 e. The molecule has 14 heteroatoms. The number of thioether (sulfide) groups is 1. The number of halogens is 1. The number of non-ortho nitro benzene ring substituents is 1. The third-order valence-corrected chi connectivity index (χ3v) is 13.4. The first-order chi connectivity index (χ1) is 32.1. The van der Waals surface area contributed by atoms with E-state index in [2.05, 4.69) is 12.7 Å². The second-order valence-electron chi connectivity index (χ2n) is 16.7. The van der Waals surface area contributed by atoms with Crippen LogP contribution in [0, 0.1) is 33.7 Å². The van der Waals surface area contributed by atoms with Gasteiger partial charge in [0.2, 0.25) is 11.7 Å². The number of carbonyl (C=O) groups excluding carboxylic acids is 1. The monoisotopic (exact) mass is 919 g/mol. The standard InChI is InChI=1S/C52H58FN3O9S/c1-4-30-62-52-48(55(34-36-12-17-38(53)18-13-36)49(59)27-16-35-14-19-39(20-15-35)56(60)61)33-46(54-63-5-2)44-31-37(10-6-8-28-57)43(11-7-9-29-58)50(51(44)52)45-32-41(23-26-47(45)65-52)64-40-21-24-42(66-3)25-22-40/h4,12-27,31-32,37,43,48,50-51,57-58H,1,5-11,28-30,33-34H2,2-3H3/t37-,43+,48-,50+,51+,52+/m0/s1. The lowest BCUT2D eigenvalue weighted by Gasteiger charge is -2.60. The summed E-state index contributed by atoms with van der Waals surface area (Å²) in [6.07, 6.45) is 13.5. The zero-order valence-corrected chi connectivity index (χ0v) is 38.2. The SMILES string of the molecule is C=CCO[C@@]12Oc3ccc(Oc4ccc(SC)cc4)cc3[C@H]3[C@H](CCCCO)[C@@H](CCCCO)C=C(C(=NOCC)C[C@@H]1N(Cc1ccc(F)cc1)C(=O)C=Cc1ccc([N+](=O)[O-])cc1)[C@H]32. The van der Waals surface area contributed by atoms with Crippen LogP contribution in [0.4, 0.5) is 10.1 Å². The number of nitrogens with zero attached hydrogens (tertiary/aromatic N) is 3. The van der Waals surface area contributed by atoms with E-state index in [0.717, 1.165) is 41.7 Å². The summed E-state index contributed by atoms with van der Waals surface area (Å²) in [5.74, 6) is -1.33. The van der Waals surface area contributed by atoms with Gasteiger partial charge in [-0.2, -0.15) is 0 Å². The molecule has 4 aromatic carbocycles. The number of aliphatic hydroxyl groups excluding tert-OH is 2. The number of fused-ring (bicyclic) bond motifs is 2. The van der Waals surface area contributed by atoms with E-state index < -0.39 is 34.4 Å². The lowest BCUT2D eigenvalue weighted by molar-refractivity contribution is -0.384. The molecule has 348 valence electrons. The quantitative estimate of drug-likeness (QED) is 0.0194. The average Bonchev–Trinajstić information content (AvgIpc) is 3.33. The molecule has 1 amide bonds. The molecule has 1 aliphatic heterocycles. The summed E-state index contributed by atoms with van der Waals surface area (Å²) in [5, 5.41) is 36.1. The first-order valence-electron chi connectivity index (χ1n) is 22.6. The van der Waals surface area contributed by atoms with Crippen LogP contribution in [0.5, 0.6) is 17.2 Å². The molecule has 3 aliphatic rings. The van der Waals surface area contributed by atoms with Crippen LogP contribution in [-0.4, -0.2) is 76.2 Å². The van der Waals surface area contributed by atoms with Crippen molar-refractivity contribution in [3.05, 3.63) is 154 Å². The summed E-state index contributed by atoms with van der Waals surface area (Å²) < 4.78 is 35.4. The summed E-state index contributed by atoms with van der Waals surface area (Å²) in [6, 6.07) is 24.8. The molecule has 4 aromatic rings. The van der Waals surface area contributed by atoms with E-state index in [1.165, 1.54) is 30.3 Å². The van der Waals surface area contributed by atoms with E-state index in [1.54, 1.807) is 53.1 Å². The lowest BCUT2D eigenvalue weighted by Crippen LogP contribution is -2.70. The number of benzene rings is 4. The fraction of sp³-hybridized carbons (Fsp3) is 0.385. The summed E-state index contributed by atoms with van der Waals surface area (Å²) >= 11 is 1.65. The number of unbranched alkanes of at least 4 members (excludes halogenated alkanes) is 2. The molecular weight excluding hydrogens is 862 g/mol. The van der Waals surface area contributed by atoms with Crippen LogP contribution in [0.2, 0.25) is 0 Å². The van der Waals surface area contributed by atoms with Crippen molar-refractivity contribution in [3.63, 3.8) is 0 Å². The Morgan fingerprint density at radius 2 is 1.71 bits per heavy atom. The van der Waals surface area contributed by atoms with Gasteiger partial charge in [-0.1, -0.05) is 42.3 Å². The third kappa shape index (κ3) is 10.9. The first kappa shape index (κ1) is 48.1. The molecule has 0 bridgehead atoms. The van der Waals surface area contributed by atoms with Crippen molar-refractivity contribution >= 4 is 35.1 Å². The molecule has 0 unspecified atom stereocenters. The highest BCUT2D eigenvalue weighted by molar-refractivity contribution is 7.98. The first-order valence-corrected chi connectivity index (χ1v) is 23.8. The Balaban J connectivity index is 1.44. The van der Waals surface area contributed by atoms with E-state index in [1.807, 2.05) is 55.6 Å². The lowest BCUT2D eigenvalue weighted by atomic mass is 9.55. The van der Waals surface area contributed by atoms with Crippen molar-refractivity contribution in [2.75, 3.05) is 32.7 Å². The zero-order valence-electron chi connectivity index (χ0n) is 37.4. The second-order valence-corrected chi connectivity index (χ2v) is 17.6. The molecule has 2 N–H and O–H groups in total. The fourth-order valence-corrected chi connectivity index (χ4v) is 10.1. The Bertz CT molecular complexity index is 2390. The molecule has 66 heavy (non-hydrogen) atoms. The maximum absolute atomic E-state index is 15.0. The molecule has 0 spiro atoms. The normalized spacial score (nSPS) is 22.5. The van der Waals surface area contributed by atoms with Gasteiger partial charge in [-0.3, -0.25) is 14.9 Å². The van der Waals surface area contributed by atoms with Crippen molar-refractivity contribution in [2.45, 2.75) is 81.1 Å². The number of amides is 1. The number of hydrogen-bond acceptors (Lipinski definition) is 11. The molecule has 12 nitrogen and oxygen atoms in total. The molecule has 0 radical (unpaired) electrons. The second kappa shape index (κ2) is 22.6. The maximum atomic E-state index is 15.0. The topological polar surface area (TPSA) is 153 Å². The molecule has 1 saturated carbocycles. The number of rotatable bonds is 22. The van der Waals surface area contributed by atoms with Gasteiger partial charge in [0, 0.05) is 60.8 Å². The van der Waals surface area contributed by atoms with Gasteiger partial charge in [-0.25, -0.2) is 4.39 Å². The maximum Gasteiger partial charge on any atom is 0.269 e. The van der Waals surface area contributed by atoms with E-state index in [0.29, 0.717) is 53.5 Å². The number of allylic oxidation sites excluding steroid dienone is 1. The summed E-state index contributed by atoms with van der Waals surface area (Å²) in [7, 11) is 0. The number of aliphatic hydroxyl groups is 2. The fourth-order valence-electron chi connectivity index (χ4n) is 9.73. The highest BCUT2D eigenvalue weighted by atomic mass is 32.2. The number of oxime groups is 1. The predicted octanol–water partition coefficient (Wildman–Crippen LogP) is 10.6. The van der Waals surface area contributed by atoms with Crippen molar-refractivity contribution in [2.24, 2.45) is 22.9 Å². The number of nitro groups is 1. The summed E-state index contributed by atoms with van der Waals surface area (Å²) in [4.78, 5) is 34.6. The Labute approximate surface area is 389 Å². The zero-order chi connectivity index (χ0) is 46.6. The van der Waals surface area contributed by atoms with Gasteiger partial charge in [0.25, 0.3) is 5.69 Å². The molecular formula is C52H58FN3O9S. The van der Waals surface area contributed by atoms with Crippen LogP contribution in [0.1, 0.15) is 74.5 Å². The van der Waals surface area contributed by atoms with Gasteiger partial charge < -0.3 is 34.2 Å². The van der Waals surface area contributed by atoms with E-state index in [9.17, 15) is 24.7 Å². The number of hydrogen-bond donors (Lipinski definition) is 2. The summed E-state index contributed by atoms with van der Waals surface area (Å²) in [5.41, 5.74) is 3.60. The Hall–Kier alpha value is -5.80. The largest absolute Gasteiger partial charge is 0.459 e. The average molecular weight is 920 g/mol. The van der Waals surface area contributed by atoms with Gasteiger partial charge in [0.15, 0.2) is 0 Å². The molecule has 0 aromatic heterocycles. The molecule has 1 fully saturated rings. The van der Waals surface area contributed by atoms with Crippen molar-refractivity contribution in [1.29, 1.82) is 0 Å². The van der Waals surface area contributed by atoms with Gasteiger partial charge >= 0.3 is 0 Å². The van der Waals surface area contributed by atoms with Crippen LogP contribution in [0.3, 0.4) is 0 Å². The number of ether oxygens (including phenoxy) is 3.